The number of primary amides is 1. The Balaban J connectivity index is 0.000000366. The Kier molecular flexibility index (Phi) is 29.4. The van der Waals surface area contributed by atoms with Gasteiger partial charge in [0, 0.05) is 73.8 Å². The number of hydrogen-bond donors (Lipinski definition) is 6. The number of fused-ring (bicyclic) bond motifs is 2. The van der Waals surface area contributed by atoms with Crippen molar-refractivity contribution < 1.29 is 51.0 Å². The summed E-state index contributed by atoms with van der Waals surface area (Å²) in [5, 5.41) is 15.8. The first kappa shape index (κ1) is 73.8. The number of phenols is 1. The molecule has 22 heteroatoms. The topological polar surface area (TPSA) is 273 Å². The van der Waals surface area contributed by atoms with Crippen LogP contribution in [0.5, 0.6) is 11.5 Å². The monoisotopic (exact) mass is 1270 g/mol. The van der Waals surface area contributed by atoms with E-state index in [1.165, 1.54) is 78.6 Å². The predicted octanol–water partition coefficient (Wildman–Crippen LogP) is 11.4. The second-order valence-corrected chi connectivity index (χ2v) is 26.5. The van der Waals surface area contributed by atoms with Gasteiger partial charge in [0.2, 0.25) is 11.8 Å². The van der Waals surface area contributed by atoms with Gasteiger partial charge >= 0.3 is 0 Å². The molecule has 2 aliphatic rings. The van der Waals surface area contributed by atoms with Crippen molar-refractivity contribution in [2.45, 2.75) is 139 Å². The summed E-state index contributed by atoms with van der Waals surface area (Å²) in [6.45, 7) is 23.7. The van der Waals surface area contributed by atoms with Crippen LogP contribution in [0.3, 0.4) is 0 Å². The largest absolute Gasteiger partial charge is 0.508 e. The smallest absolute Gasteiger partial charge is 0.251 e. The Morgan fingerprint density at radius 3 is 2.22 bits per heavy atom. The molecule has 89 heavy (non-hydrogen) atoms. The van der Waals surface area contributed by atoms with Crippen molar-refractivity contribution in [3.8, 4) is 21.9 Å². The molecule has 8 rings (SSSR count). The highest BCUT2D eigenvalue weighted by molar-refractivity contribution is 7.89. The third-order valence-corrected chi connectivity index (χ3v) is 15.9. The minimum atomic E-state index is -3.69. The molecule has 0 spiro atoms. The molecule has 484 valence electrons. The number of halogens is 2. The van der Waals surface area contributed by atoms with E-state index >= 15 is 4.39 Å². The molecule has 1 saturated heterocycles. The average molecular weight is 1270 g/mol. The molecule has 1 unspecified atom stereocenters. The molecular weight excluding hydrogens is 1180 g/mol. The van der Waals surface area contributed by atoms with Crippen molar-refractivity contribution in [2.75, 3.05) is 50.5 Å². The Morgan fingerprint density at radius 2 is 1.67 bits per heavy atom. The molecule has 1 fully saturated rings. The number of aryl methyl sites for hydroxylation is 2. The van der Waals surface area contributed by atoms with Gasteiger partial charge in [0.15, 0.2) is 27.3 Å². The molecule has 0 radical (unpaired) electrons. The Labute approximate surface area is 528 Å². The molecule has 6 aromatic rings. The molecule has 2 aliphatic heterocycles. The van der Waals surface area contributed by atoms with Crippen LogP contribution >= 0.6 is 11.3 Å². The number of Topliss-reactive ketones (excluding diaryl/α,β-unsaturated/α-hetero) is 1. The first-order chi connectivity index (χ1) is 42.0. The lowest BCUT2D eigenvalue weighted by molar-refractivity contribution is -0.132. The number of thiazole rings is 1. The minimum Gasteiger partial charge on any atom is -0.508 e. The number of phenolic OH excluding ortho intramolecular Hbond substituents is 1. The highest BCUT2D eigenvalue weighted by atomic mass is 32.2. The van der Waals surface area contributed by atoms with Crippen molar-refractivity contribution in [1.29, 1.82) is 0 Å². The van der Waals surface area contributed by atoms with Crippen LogP contribution in [0.2, 0.25) is 0 Å². The van der Waals surface area contributed by atoms with Crippen LogP contribution in [0.25, 0.3) is 16.0 Å². The quantitative estimate of drug-likeness (QED) is 0.0236. The highest BCUT2D eigenvalue weighted by Crippen LogP contribution is 2.44. The number of sulfone groups is 1. The van der Waals surface area contributed by atoms with Gasteiger partial charge in [0.25, 0.3) is 5.91 Å². The van der Waals surface area contributed by atoms with Gasteiger partial charge in [-0.1, -0.05) is 91.6 Å². The molecule has 1 atom stereocenters. The van der Waals surface area contributed by atoms with Crippen molar-refractivity contribution in [3.63, 3.8) is 0 Å². The molecule has 0 aliphatic carbocycles. The number of ether oxygens (including phenoxy) is 1. The first-order valence-electron chi connectivity index (χ1n) is 30.0. The molecule has 3 amide bonds. The number of amides is 3. The zero-order valence-electron chi connectivity index (χ0n) is 53.7. The summed E-state index contributed by atoms with van der Waals surface area (Å²) in [5.41, 5.74) is 20.2. The molecule has 0 saturated carbocycles. The number of aromatic hydroxyl groups is 1. The van der Waals surface area contributed by atoms with E-state index in [9.17, 15) is 37.1 Å². The maximum absolute atomic E-state index is 15.4. The molecule has 18 nitrogen and oxygen atoms in total. The van der Waals surface area contributed by atoms with Gasteiger partial charge in [-0.25, -0.2) is 27.2 Å². The number of ketones is 1. The Bertz CT molecular complexity index is 3470. The lowest BCUT2D eigenvalue weighted by Gasteiger charge is -2.26. The van der Waals surface area contributed by atoms with E-state index in [1.807, 2.05) is 10.4 Å². The second kappa shape index (κ2) is 35.5. The predicted molar refractivity (Wildman–Crippen MR) is 351 cm³/mol. The molecule has 5 heterocycles. The maximum atomic E-state index is 15.4. The van der Waals surface area contributed by atoms with E-state index in [2.05, 4.69) is 105 Å². The third-order valence-electron chi connectivity index (χ3n) is 14.1. The van der Waals surface area contributed by atoms with Crippen LogP contribution in [-0.4, -0.2) is 115 Å². The van der Waals surface area contributed by atoms with E-state index in [1.54, 1.807) is 42.7 Å². The zero-order chi connectivity index (χ0) is 66.2. The summed E-state index contributed by atoms with van der Waals surface area (Å²) in [6.07, 6.45) is 13.1. The number of nitrogens with two attached hydrogens (primary N) is 2. The van der Waals surface area contributed by atoms with Gasteiger partial charge in [0.1, 0.15) is 30.2 Å². The zero-order valence-corrected chi connectivity index (χ0v) is 55.3. The van der Waals surface area contributed by atoms with Crippen LogP contribution in [0.4, 0.5) is 20.3 Å². The van der Waals surface area contributed by atoms with Crippen LogP contribution in [0.1, 0.15) is 161 Å². The molecule has 3 aromatic heterocycles. The molecule has 0 bridgehead atoms. The standard InChI is InChI=1S/C36H38F2N6O7S.C14H17NS.C10H20N2O.C5H12.C2H4O/c1-4-27-29-11-22(19-52(3,49)50)28(36(48)41-7-8-51-26-10-21(9-25(46)13-26)5-6-40-17-32(39)47)14-31(29)44(35-30(38)12-24(37)16-43-35)18-23-15-42-34(20(2)45)33(23)27;1-3-4-5-12-6-8-13(9-7-12)14-11(2)15-10-16-14;1-10(2,3)6-9(13)12-5-4-8(11)7-12;1-4-5(2)3;1-2-3/h4,9-16,40,42,46H,5-8,17-19H2,1-3H3,(H2,39,47)(H,41,48);6-10H,3-5H2,1-2H3;8H,4-7,11H2,1-3H3;5H,4H2,1-3H3;2H,1H3/b27-4-;;;;. The summed E-state index contributed by atoms with van der Waals surface area (Å²) in [7, 11) is -3.69. The van der Waals surface area contributed by atoms with E-state index in [-0.39, 0.29) is 83.5 Å². The number of hydrogen-bond acceptors (Lipinski definition) is 15. The van der Waals surface area contributed by atoms with Gasteiger partial charge in [0.05, 0.1) is 59.0 Å². The lowest BCUT2D eigenvalue weighted by atomic mass is 9.91. The summed E-state index contributed by atoms with van der Waals surface area (Å²) >= 11 is 1.72. The molecular formula is C67H91F2N9O9S2. The number of nitrogens with zero attached hydrogens (tertiary/aromatic N) is 4. The van der Waals surface area contributed by atoms with E-state index in [0.717, 1.165) is 55.4 Å². The number of benzene rings is 3. The number of aldehydes is 1. The first-order valence-corrected chi connectivity index (χ1v) is 32.9. The SMILES string of the molecule is C/C=C1/c2cc(CS(C)(=O)=O)c(C(=O)NCCOc3cc(O)cc(CCNCC(N)=O)c3)cc2N(c2ncc(F)cc2F)Cc2c[nH]c(C(C)=O)c21.CC(C)(C)CC(=O)N1CCC(N)C1.CC=O.CCC(C)C.CCCCc1ccc(-c2scnc2C)cc1. The number of carbonyl (C=O) groups is 5. The summed E-state index contributed by atoms with van der Waals surface area (Å²) in [5.74, 6) is -2.61. The number of anilines is 2. The summed E-state index contributed by atoms with van der Waals surface area (Å²) < 4.78 is 60.4. The number of H-pyrrole nitrogens is 1. The lowest BCUT2D eigenvalue weighted by Crippen LogP contribution is -2.33. The van der Waals surface area contributed by atoms with Gasteiger partial charge in [-0.05, 0) is 122 Å². The van der Waals surface area contributed by atoms with Gasteiger partial charge in [-0.2, -0.15) is 0 Å². The van der Waals surface area contributed by atoms with E-state index in [0.29, 0.717) is 53.5 Å². The summed E-state index contributed by atoms with van der Waals surface area (Å²) in [4.78, 5) is 73.8. The summed E-state index contributed by atoms with van der Waals surface area (Å²) in [6, 6.07) is 17.4. The Hall–Kier alpha value is -7.66. The van der Waals surface area contributed by atoms with Gasteiger partial charge < -0.3 is 51.5 Å². The minimum absolute atomic E-state index is 0.0148. The normalized spacial score (nSPS) is 13.8. The fraction of sp³-hybridized carbons (Fsp3) is 0.448. The number of carbonyl (C=O) groups excluding carboxylic acids is 5. The van der Waals surface area contributed by atoms with Crippen LogP contribution in [0, 0.1) is 29.9 Å². The van der Waals surface area contributed by atoms with Crippen LogP contribution in [0.15, 0.2) is 84.6 Å². The molecule has 8 N–H and O–H groups in total. The van der Waals surface area contributed by atoms with Gasteiger partial charge in [-0.3, -0.25) is 19.2 Å². The number of aromatic nitrogens is 3. The average Bonchev–Trinajstić information content (AvgIpc) is 1.67. The number of allylic oxidation sites excluding steroid dienone is 1. The number of nitrogens with one attached hydrogen (secondary N) is 3. The Morgan fingerprint density at radius 1 is 0.989 bits per heavy atom. The number of unbranched alkanes of at least 4 members (excludes halogenated alkanes) is 1. The highest BCUT2D eigenvalue weighted by Gasteiger charge is 2.33. The van der Waals surface area contributed by atoms with Crippen molar-refractivity contribution in [3.05, 3.63) is 147 Å². The number of likely N-dealkylation sites (tertiary alicyclic amines) is 1. The fourth-order valence-corrected chi connectivity index (χ4v) is 11.1. The number of pyridine rings is 1. The maximum Gasteiger partial charge on any atom is 0.251 e. The van der Waals surface area contributed by atoms with E-state index < -0.39 is 39.0 Å². The van der Waals surface area contributed by atoms with Crippen LogP contribution in [-0.2, 0) is 49.4 Å². The number of rotatable bonds is 20. The number of aromatic amines is 1. The third kappa shape index (κ3) is 24.0. The van der Waals surface area contributed by atoms with Gasteiger partial charge in [-0.15, -0.1) is 11.3 Å². The van der Waals surface area contributed by atoms with Crippen molar-refractivity contribution in [2.24, 2.45) is 22.8 Å². The fourth-order valence-electron chi connectivity index (χ4n) is 9.45. The van der Waals surface area contributed by atoms with Crippen molar-refractivity contribution >= 4 is 68.0 Å². The second-order valence-electron chi connectivity index (χ2n) is 23.5. The van der Waals surface area contributed by atoms with Crippen molar-refractivity contribution in [1.82, 2.24) is 30.5 Å². The molecule has 3 aromatic carbocycles. The van der Waals surface area contributed by atoms with E-state index in [4.69, 9.17) is 21.0 Å². The van der Waals surface area contributed by atoms with Crippen LogP contribution < -0.4 is 31.7 Å².